The van der Waals surface area contributed by atoms with Crippen molar-refractivity contribution in [3.05, 3.63) is 108 Å². The molecule has 0 nitrogen and oxygen atoms in total. The normalized spacial score (nSPS) is 10.4. The summed E-state index contributed by atoms with van der Waals surface area (Å²) in [6.45, 7) is 2.26. The molecule has 0 N–H and O–H groups in total. The van der Waals surface area contributed by atoms with Crippen LogP contribution in [0.15, 0.2) is 91.0 Å². The number of benzene rings is 3. The summed E-state index contributed by atoms with van der Waals surface area (Å²) in [5.74, 6) is 0. The maximum atomic E-state index is 2.26. The Morgan fingerprint density at radius 1 is 0.583 bits per heavy atom. The van der Waals surface area contributed by atoms with Crippen molar-refractivity contribution in [1.29, 1.82) is 0 Å². The van der Waals surface area contributed by atoms with Gasteiger partial charge in [-0.3, -0.25) is 0 Å². The minimum atomic E-state index is 1.10. The first kappa shape index (κ1) is 16.3. The van der Waals surface area contributed by atoms with Crippen molar-refractivity contribution >= 4 is 11.1 Å². The summed E-state index contributed by atoms with van der Waals surface area (Å²) in [6.07, 6.45) is 3.50. The highest BCUT2D eigenvalue weighted by atomic mass is 14.2. The minimum absolute atomic E-state index is 1.10. The van der Waals surface area contributed by atoms with E-state index < -0.39 is 0 Å². The van der Waals surface area contributed by atoms with Crippen molar-refractivity contribution in [1.82, 2.24) is 0 Å². The molecule has 0 heteroatoms. The molecular weight excluding hydrogens is 288 g/mol. The molecule has 24 heavy (non-hydrogen) atoms. The Balaban J connectivity index is 2.24. The Bertz CT molecular complexity index is 727. The number of hydrogen-bond acceptors (Lipinski definition) is 0. The van der Waals surface area contributed by atoms with E-state index in [9.17, 15) is 0 Å². The van der Waals surface area contributed by atoms with Gasteiger partial charge < -0.3 is 0 Å². The fourth-order valence-electron chi connectivity index (χ4n) is 3.13. The lowest BCUT2D eigenvalue weighted by atomic mass is 9.87. The average molecular weight is 312 g/mol. The van der Waals surface area contributed by atoms with Crippen molar-refractivity contribution in [3.8, 4) is 0 Å². The molecule has 0 spiro atoms. The quantitative estimate of drug-likeness (QED) is 0.437. The Hall–Kier alpha value is -2.60. The first-order valence-electron chi connectivity index (χ1n) is 8.79. The molecule has 0 radical (unpaired) electrons. The Labute approximate surface area is 145 Å². The average Bonchev–Trinajstić information content (AvgIpc) is 2.67. The highest BCUT2D eigenvalue weighted by Gasteiger charge is 2.13. The Kier molecular flexibility index (Phi) is 5.63. The zero-order valence-corrected chi connectivity index (χ0v) is 14.3. The molecule has 0 fully saturated rings. The van der Waals surface area contributed by atoms with Crippen molar-refractivity contribution in [2.45, 2.75) is 26.2 Å². The van der Waals surface area contributed by atoms with Crippen molar-refractivity contribution in [2.75, 3.05) is 0 Å². The summed E-state index contributed by atoms with van der Waals surface area (Å²) in [5.41, 5.74) is 6.71. The zero-order chi connectivity index (χ0) is 16.6. The zero-order valence-electron chi connectivity index (χ0n) is 14.3. The van der Waals surface area contributed by atoms with Crippen LogP contribution in [-0.2, 0) is 0 Å². The van der Waals surface area contributed by atoms with Crippen LogP contribution >= 0.6 is 0 Å². The molecule has 120 valence electrons. The van der Waals surface area contributed by atoms with Gasteiger partial charge in [0.1, 0.15) is 0 Å². The van der Waals surface area contributed by atoms with Crippen LogP contribution in [0.5, 0.6) is 0 Å². The summed E-state index contributed by atoms with van der Waals surface area (Å²) < 4.78 is 0. The molecule has 0 atom stereocenters. The molecule has 0 bridgehead atoms. The van der Waals surface area contributed by atoms with Gasteiger partial charge in [0.2, 0.25) is 0 Å². The second-order valence-corrected chi connectivity index (χ2v) is 6.06. The molecular formula is C24H24. The predicted molar refractivity (Wildman–Crippen MR) is 105 cm³/mol. The van der Waals surface area contributed by atoms with Crippen LogP contribution in [0.3, 0.4) is 0 Å². The summed E-state index contributed by atoms with van der Waals surface area (Å²) in [7, 11) is 0. The molecule has 3 aromatic rings. The molecule has 0 amide bonds. The molecule has 3 aromatic carbocycles. The van der Waals surface area contributed by atoms with Gasteiger partial charge in [-0.2, -0.15) is 0 Å². The van der Waals surface area contributed by atoms with Gasteiger partial charge in [0.05, 0.1) is 0 Å². The maximum absolute atomic E-state index is 2.26. The summed E-state index contributed by atoms with van der Waals surface area (Å²) in [4.78, 5) is 0. The molecule has 0 aliphatic carbocycles. The van der Waals surface area contributed by atoms with E-state index in [1.54, 1.807) is 0 Å². The first-order chi connectivity index (χ1) is 11.9. The smallest absolute Gasteiger partial charge is 0.00734 e. The van der Waals surface area contributed by atoms with E-state index in [0.717, 1.165) is 6.42 Å². The number of allylic oxidation sites excluding steroid dienone is 1. The van der Waals surface area contributed by atoms with E-state index in [1.165, 1.54) is 40.7 Å². The molecule has 0 aromatic heterocycles. The lowest BCUT2D eigenvalue weighted by Crippen LogP contribution is -1.95. The fraction of sp³-hybridized carbons (Fsp3) is 0.167. The fourth-order valence-corrected chi connectivity index (χ4v) is 3.13. The van der Waals surface area contributed by atoms with Crippen LogP contribution in [0, 0.1) is 0 Å². The third-order valence-electron chi connectivity index (χ3n) is 4.33. The maximum Gasteiger partial charge on any atom is -0.00734 e. The van der Waals surface area contributed by atoms with Gasteiger partial charge in [0, 0.05) is 0 Å². The van der Waals surface area contributed by atoms with Crippen LogP contribution < -0.4 is 0 Å². The van der Waals surface area contributed by atoms with E-state index in [4.69, 9.17) is 0 Å². The molecule has 0 saturated heterocycles. The van der Waals surface area contributed by atoms with E-state index in [0.29, 0.717) is 0 Å². The van der Waals surface area contributed by atoms with Crippen molar-refractivity contribution < 1.29 is 0 Å². The van der Waals surface area contributed by atoms with Gasteiger partial charge >= 0.3 is 0 Å². The minimum Gasteiger partial charge on any atom is -0.0654 e. The molecule has 0 aliphatic heterocycles. The topological polar surface area (TPSA) is 0 Å². The first-order valence-corrected chi connectivity index (χ1v) is 8.79. The SMILES string of the molecule is CCCCC(=C(c1ccccc1)c1ccccc1)c1ccccc1. The van der Waals surface area contributed by atoms with Crippen LogP contribution in [0.4, 0.5) is 0 Å². The standard InChI is InChI=1S/C24H24/c1-2-3-19-23(20-13-7-4-8-14-20)24(21-15-9-5-10-16-21)22-17-11-6-12-18-22/h4-18H,2-3,19H2,1H3. The molecule has 0 aliphatic rings. The van der Waals surface area contributed by atoms with Gasteiger partial charge in [0.15, 0.2) is 0 Å². The third-order valence-corrected chi connectivity index (χ3v) is 4.33. The molecule has 0 unspecified atom stereocenters. The van der Waals surface area contributed by atoms with Crippen LogP contribution in [0.2, 0.25) is 0 Å². The van der Waals surface area contributed by atoms with Crippen LogP contribution in [0.25, 0.3) is 11.1 Å². The second kappa shape index (κ2) is 8.31. The van der Waals surface area contributed by atoms with Crippen LogP contribution in [-0.4, -0.2) is 0 Å². The highest BCUT2D eigenvalue weighted by molar-refractivity contribution is 5.98. The van der Waals surface area contributed by atoms with Gasteiger partial charge in [-0.1, -0.05) is 104 Å². The molecule has 0 saturated carbocycles. The summed E-state index contributed by atoms with van der Waals surface area (Å²) in [6, 6.07) is 32.4. The van der Waals surface area contributed by atoms with E-state index in [2.05, 4.69) is 97.9 Å². The predicted octanol–water partition coefficient (Wildman–Crippen LogP) is 6.84. The third kappa shape index (κ3) is 3.83. The van der Waals surface area contributed by atoms with Crippen molar-refractivity contribution in [2.24, 2.45) is 0 Å². The van der Waals surface area contributed by atoms with E-state index in [-0.39, 0.29) is 0 Å². The highest BCUT2D eigenvalue weighted by Crippen LogP contribution is 2.35. The number of hydrogen-bond donors (Lipinski definition) is 0. The number of rotatable bonds is 6. The lowest BCUT2D eigenvalue weighted by Gasteiger charge is -2.17. The van der Waals surface area contributed by atoms with Gasteiger partial charge in [-0.05, 0) is 40.7 Å². The van der Waals surface area contributed by atoms with Gasteiger partial charge in [0.25, 0.3) is 0 Å². The molecule has 3 rings (SSSR count). The number of unbranched alkanes of at least 4 members (excludes halogenated alkanes) is 1. The van der Waals surface area contributed by atoms with E-state index in [1.807, 2.05) is 0 Å². The largest absolute Gasteiger partial charge is 0.0654 e. The van der Waals surface area contributed by atoms with Gasteiger partial charge in [-0.25, -0.2) is 0 Å². The Morgan fingerprint density at radius 3 is 1.42 bits per heavy atom. The molecule has 0 heterocycles. The van der Waals surface area contributed by atoms with Crippen molar-refractivity contribution in [3.63, 3.8) is 0 Å². The lowest BCUT2D eigenvalue weighted by molar-refractivity contribution is 0.825. The monoisotopic (exact) mass is 312 g/mol. The van der Waals surface area contributed by atoms with Gasteiger partial charge in [-0.15, -0.1) is 0 Å². The summed E-state index contributed by atoms with van der Waals surface area (Å²) in [5, 5.41) is 0. The van der Waals surface area contributed by atoms with Crippen LogP contribution in [0.1, 0.15) is 42.9 Å². The second-order valence-electron chi connectivity index (χ2n) is 6.06. The van der Waals surface area contributed by atoms with E-state index >= 15 is 0 Å². The summed E-state index contributed by atoms with van der Waals surface area (Å²) >= 11 is 0. The Morgan fingerprint density at radius 2 is 1.00 bits per heavy atom.